The number of nitrogen functional groups attached to an aromatic ring is 2. The minimum absolute atomic E-state index is 0.0272. The number of urea groups is 1. The molecule has 0 bridgehead atoms. The Morgan fingerprint density at radius 3 is 2.12 bits per heavy atom. The van der Waals surface area contributed by atoms with Gasteiger partial charge < -0.3 is 45.6 Å². The average Bonchev–Trinajstić information content (AvgIpc) is 3.97. The predicted molar refractivity (Wildman–Crippen MR) is 214 cm³/mol. The Labute approximate surface area is 326 Å². The number of hydrogen-bond acceptors (Lipinski definition) is 8. The van der Waals surface area contributed by atoms with Gasteiger partial charge in [0.25, 0.3) is 0 Å². The number of nitrogens with one attached hydrogen (secondary N) is 1. The van der Waals surface area contributed by atoms with Crippen LogP contribution in [0.1, 0.15) is 45.7 Å². The summed E-state index contributed by atoms with van der Waals surface area (Å²) in [6.45, 7) is 0.00271. The van der Waals surface area contributed by atoms with E-state index in [0.29, 0.717) is 34.5 Å². The molecule has 56 heavy (non-hydrogen) atoms. The van der Waals surface area contributed by atoms with Gasteiger partial charge in [0.15, 0.2) is 6.35 Å². The van der Waals surface area contributed by atoms with E-state index in [2.05, 4.69) is 0 Å². The zero-order chi connectivity index (χ0) is 39.5. The number of nitrogens with zero attached hydrogens (tertiary/aromatic N) is 2. The van der Waals surface area contributed by atoms with Crippen molar-refractivity contribution >= 4 is 25.1 Å². The van der Waals surface area contributed by atoms with Gasteiger partial charge in [-0.05, 0) is 64.9 Å². The summed E-state index contributed by atoms with van der Waals surface area (Å²) in [5, 5.41) is 32.7. The van der Waals surface area contributed by atoms with Crippen molar-refractivity contribution in [2.45, 2.75) is 62.2 Å². The Bertz CT molecular complexity index is 2210. The number of carbonyl (C=O) groups excluding carboxylic acids is 1. The minimum atomic E-state index is -4.13. The zero-order valence-electron chi connectivity index (χ0n) is 30.7. The van der Waals surface area contributed by atoms with Gasteiger partial charge in [0.1, 0.15) is 23.8 Å². The van der Waals surface area contributed by atoms with E-state index in [1.54, 1.807) is 58.3 Å². The van der Waals surface area contributed by atoms with Gasteiger partial charge in [-0.25, -0.2) is 4.79 Å². The number of nitrogens with two attached hydrogens (primary N) is 2. The molecule has 12 nitrogen and oxygen atoms in total. The second kappa shape index (κ2) is 16.3. The van der Waals surface area contributed by atoms with E-state index in [-0.39, 0.29) is 37.9 Å². The van der Waals surface area contributed by atoms with E-state index >= 15 is 4.79 Å². The number of ether oxygens (including phenoxy) is 1. The van der Waals surface area contributed by atoms with E-state index in [1.165, 1.54) is 0 Å². The van der Waals surface area contributed by atoms with E-state index in [4.69, 9.17) is 26.1 Å². The SMILES string of the molecule is N=C(N)c1cc(CN2C(=O)N(Cc3cccc(OCP(=O)(O)OCc4ccccc4)c3)C3(C[C@@H]3c3ccccc3)[C@H](O)[C@@H](O)[C@H]2Cc2ccccc2)ccc1N. The number of aliphatic hydroxyl groups excluding tert-OH is 2. The minimum Gasteiger partial charge on any atom is -0.481 e. The number of rotatable bonds is 14. The third-order valence-corrected chi connectivity index (χ3v) is 11.7. The molecule has 1 heterocycles. The molecule has 0 radical (unpaired) electrons. The third-order valence-electron chi connectivity index (χ3n) is 10.7. The highest BCUT2D eigenvalue weighted by molar-refractivity contribution is 7.52. The van der Waals surface area contributed by atoms with Crippen LogP contribution in [0.4, 0.5) is 10.5 Å². The molecule has 2 amide bonds. The van der Waals surface area contributed by atoms with Crippen LogP contribution in [0.5, 0.6) is 5.75 Å². The maximum absolute atomic E-state index is 15.3. The van der Waals surface area contributed by atoms with Crippen LogP contribution in [0, 0.1) is 5.41 Å². The molecule has 290 valence electrons. The van der Waals surface area contributed by atoms with Gasteiger partial charge in [-0.3, -0.25) is 9.97 Å². The molecule has 5 aromatic carbocycles. The molecule has 5 aromatic rings. The maximum atomic E-state index is 15.3. The Hall–Kier alpha value is -5.49. The second-order valence-corrected chi connectivity index (χ2v) is 16.3. The number of hydrogen-bond donors (Lipinski definition) is 6. The summed E-state index contributed by atoms with van der Waals surface area (Å²) in [6, 6.07) is 39.0. The average molecular weight is 776 g/mol. The molecule has 1 saturated heterocycles. The number of benzene rings is 5. The summed E-state index contributed by atoms with van der Waals surface area (Å²) >= 11 is 0. The van der Waals surface area contributed by atoms with Crippen molar-refractivity contribution in [2.75, 3.05) is 12.1 Å². The third kappa shape index (κ3) is 8.35. The monoisotopic (exact) mass is 775 g/mol. The smallest absolute Gasteiger partial charge is 0.365 e. The van der Waals surface area contributed by atoms with E-state index in [0.717, 1.165) is 16.7 Å². The van der Waals surface area contributed by atoms with Gasteiger partial charge in [-0.1, -0.05) is 109 Å². The standard InChI is InChI=1S/C43H46N5O7P/c44-37-20-19-32(22-35(37)41(45)46)25-47-38(23-29-11-4-1-5-12-29)39(49)40(50)43(24-36(43)33-16-8-3-9-17-33)48(42(47)51)26-31-15-10-18-34(21-31)54-28-56(52,53)55-27-30-13-6-2-7-14-30/h1-22,36,38-40,49-50H,23-28,44H2,(H3,45,46)(H,52,53)/t36-,38-,39+,40-,43?/m1/s1. The summed E-state index contributed by atoms with van der Waals surface area (Å²) in [6.07, 6.45) is -2.60. The number of amides is 2. The summed E-state index contributed by atoms with van der Waals surface area (Å²) in [4.78, 5) is 29.1. The van der Waals surface area contributed by atoms with E-state index in [9.17, 15) is 19.7 Å². The van der Waals surface area contributed by atoms with Gasteiger partial charge in [0, 0.05) is 30.3 Å². The molecule has 1 aliphatic heterocycles. The number of carbonyl (C=O) groups is 1. The van der Waals surface area contributed by atoms with E-state index < -0.39 is 43.8 Å². The van der Waals surface area contributed by atoms with Gasteiger partial charge in [-0.15, -0.1) is 0 Å². The molecule has 13 heteroatoms. The fourth-order valence-corrected chi connectivity index (χ4v) is 8.52. The quantitative estimate of drug-likeness (QED) is 0.0340. The molecule has 1 saturated carbocycles. The van der Waals surface area contributed by atoms with Crippen molar-refractivity contribution in [1.29, 1.82) is 5.41 Å². The first kappa shape index (κ1) is 38.8. The lowest BCUT2D eigenvalue weighted by Gasteiger charge is -2.37. The van der Waals surface area contributed by atoms with Gasteiger partial charge in [-0.2, -0.15) is 0 Å². The lowest BCUT2D eigenvalue weighted by atomic mass is 9.90. The van der Waals surface area contributed by atoms with Crippen molar-refractivity contribution < 1.29 is 33.7 Å². The van der Waals surface area contributed by atoms with Crippen molar-refractivity contribution in [2.24, 2.45) is 5.73 Å². The number of amidine groups is 1. The Balaban J connectivity index is 1.23. The highest BCUT2D eigenvalue weighted by Crippen LogP contribution is 2.60. The topological polar surface area (TPSA) is 196 Å². The Morgan fingerprint density at radius 1 is 0.821 bits per heavy atom. The molecule has 8 N–H and O–H groups in total. The number of anilines is 1. The summed E-state index contributed by atoms with van der Waals surface area (Å²) < 4.78 is 24.0. The van der Waals surface area contributed by atoms with Gasteiger partial charge in [0.05, 0.1) is 18.2 Å². The van der Waals surface area contributed by atoms with Crippen molar-refractivity contribution in [3.05, 3.63) is 167 Å². The van der Waals surface area contributed by atoms with Gasteiger partial charge in [0.2, 0.25) is 0 Å². The molecule has 2 aliphatic rings. The van der Waals surface area contributed by atoms with E-state index in [1.807, 2.05) is 84.9 Å². The van der Waals surface area contributed by atoms with Crippen LogP contribution in [0.3, 0.4) is 0 Å². The molecule has 2 unspecified atom stereocenters. The highest BCUT2D eigenvalue weighted by atomic mass is 31.2. The molecular formula is C43H46N5O7P. The van der Waals surface area contributed by atoms with Crippen molar-refractivity contribution in [3.8, 4) is 5.75 Å². The van der Waals surface area contributed by atoms with Crippen molar-refractivity contribution in [1.82, 2.24) is 9.80 Å². The highest BCUT2D eigenvalue weighted by Gasteiger charge is 2.68. The van der Waals surface area contributed by atoms with Crippen LogP contribution in [0.25, 0.3) is 0 Å². The summed E-state index contributed by atoms with van der Waals surface area (Å²) in [5.74, 6) is -0.198. The first-order valence-electron chi connectivity index (χ1n) is 18.4. The van der Waals surface area contributed by atoms with Crippen LogP contribution in [0.2, 0.25) is 0 Å². The normalized spacial score (nSPS) is 23.0. The van der Waals surface area contributed by atoms with Crippen LogP contribution < -0.4 is 16.2 Å². The Morgan fingerprint density at radius 2 is 1.45 bits per heavy atom. The zero-order valence-corrected chi connectivity index (χ0v) is 31.6. The first-order valence-corrected chi connectivity index (χ1v) is 20.2. The molecule has 0 aromatic heterocycles. The molecule has 2 fully saturated rings. The number of aliphatic hydroxyl groups is 2. The van der Waals surface area contributed by atoms with Crippen molar-refractivity contribution in [3.63, 3.8) is 0 Å². The lowest BCUT2D eigenvalue weighted by Crippen LogP contribution is -2.52. The molecular weight excluding hydrogens is 729 g/mol. The van der Waals surface area contributed by atoms with Crippen LogP contribution in [-0.2, 0) is 35.2 Å². The molecule has 6 atom stereocenters. The largest absolute Gasteiger partial charge is 0.481 e. The lowest BCUT2D eigenvalue weighted by molar-refractivity contribution is -0.0502. The van der Waals surface area contributed by atoms with Crippen LogP contribution in [0.15, 0.2) is 133 Å². The fourth-order valence-electron chi connectivity index (χ4n) is 7.79. The van der Waals surface area contributed by atoms with Crippen LogP contribution >= 0.6 is 7.60 Å². The van der Waals surface area contributed by atoms with Gasteiger partial charge >= 0.3 is 13.6 Å². The molecule has 1 spiro atoms. The molecule has 1 aliphatic carbocycles. The maximum Gasteiger partial charge on any atom is 0.365 e. The summed E-state index contributed by atoms with van der Waals surface area (Å²) in [7, 11) is -4.13. The molecule has 7 rings (SSSR count). The fraction of sp³-hybridized carbons (Fsp3) is 0.256. The predicted octanol–water partition coefficient (Wildman–Crippen LogP) is 5.99. The van der Waals surface area contributed by atoms with Crippen LogP contribution in [-0.4, -0.2) is 66.9 Å². The second-order valence-electron chi connectivity index (χ2n) is 14.5. The Kier molecular flexibility index (Phi) is 11.3. The first-order chi connectivity index (χ1) is 26.9. The summed E-state index contributed by atoms with van der Waals surface area (Å²) in [5.41, 5.74) is 15.3.